The number of benzene rings is 2. The van der Waals surface area contributed by atoms with E-state index in [-0.39, 0.29) is 35.0 Å². The number of hydrogen-bond donors (Lipinski definition) is 0. The topological polar surface area (TPSA) is 92.6 Å². The molecule has 1 saturated heterocycles. The van der Waals surface area contributed by atoms with Crippen LogP contribution in [0.4, 0.5) is 4.79 Å². The first kappa shape index (κ1) is 22.9. The Morgan fingerprint density at radius 1 is 1.12 bits per heavy atom. The van der Waals surface area contributed by atoms with Crippen LogP contribution < -0.4 is 0 Å². The van der Waals surface area contributed by atoms with Crippen LogP contribution in [-0.4, -0.2) is 64.6 Å². The van der Waals surface area contributed by atoms with Gasteiger partial charge in [0, 0.05) is 30.6 Å². The Balaban J connectivity index is 1.17. The molecule has 0 N–H and O–H groups in total. The van der Waals surface area contributed by atoms with Gasteiger partial charge in [0.15, 0.2) is 9.84 Å². The number of hydrogen-bond acceptors (Lipinski definition) is 5. The number of fused-ring (bicyclic) bond motifs is 2. The lowest BCUT2D eigenvalue weighted by Crippen LogP contribution is -2.47. The maximum atomic E-state index is 12.9. The van der Waals surface area contributed by atoms with Gasteiger partial charge in [-0.25, -0.2) is 18.2 Å². The van der Waals surface area contributed by atoms with Crippen molar-refractivity contribution in [3.63, 3.8) is 0 Å². The molecule has 3 heterocycles. The van der Waals surface area contributed by atoms with E-state index >= 15 is 0 Å². The first-order chi connectivity index (χ1) is 16.2. The second-order valence-corrected chi connectivity index (χ2v) is 11.4. The third kappa shape index (κ3) is 4.18. The summed E-state index contributed by atoms with van der Waals surface area (Å²) in [5.41, 5.74) is 0.892. The third-order valence-electron chi connectivity index (χ3n) is 6.76. The SMILES string of the molecule is Cc1ncc2n1C(=O)N(C1CCN(C(=O)CCS(=O)(=O)c3ccc4cc(Cl)ccc4c3)CC1)C2. The highest BCUT2D eigenvalue weighted by Gasteiger charge is 2.36. The fourth-order valence-corrected chi connectivity index (χ4v) is 6.27. The number of amides is 2. The number of carbonyl (C=O) groups is 2. The molecule has 0 radical (unpaired) electrons. The van der Waals surface area contributed by atoms with Gasteiger partial charge >= 0.3 is 6.03 Å². The van der Waals surface area contributed by atoms with Gasteiger partial charge in [0.2, 0.25) is 5.91 Å². The van der Waals surface area contributed by atoms with Crippen LogP contribution in [0.3, 0.4) is 0 Å². The van der Waals surface area contributed by atoms with Crippen molar-refractivity contribution in [2.24, 2.45) is 0 Å². The van der Waals surface area contributed by atoms with Crippen molar-refractivity contribution >= 4 is 44.1 Å². The number of nitrogens with zero attached hydrogens (tertiary/aromatic N) is 4. The normalized spacial score (nSPS) is 16.9. The monoisotopic (exact) mass is 500 g/mol. The number of aryl methyl sites for hydroxylation is 1. The smallest absolute Gasteiger partial charge is 0.330 e. The van der Waals surface area contributed by atoms with Crippen LogP contribution in [0.2, 0.25) is 5.02 Å². The zero-order chi connectivity index (χ0) is 24.0. The predicted molar refractivity (Wildman–Crippen MR) is 129 cm³/mol. The van der Waals surface area contributed by atoms with Crippen molar-refractivity contribution in [3.05, 3.63) is 59.1 Å². The number of likely N-dealkylation sites (tertiary alicyclic amines) is 1. The van der Waals surface area contributed by atoms with E-state index in [1.165, 1.54) is 0 Å². The van der Waals surface area contributed by atoms with Crippen LogP contribution in [0.5, 0.6) is 0 Å². The zero-order valence-electron chi connectivity index (χ0n) is 18.8. The van der Waals surface area contributed by atoms with Crippen molar-refractivity contribution in [1.82, 2.24) is 19.4 Å². The maximum absolute atomic E-state index is 12.9. The fraction of sp³-hybridized carbons (Fsp3) is 0.375. The van der Waals surface area contributed by atoms with Gasteiger partial charge in [-0.2, -0.15) is 0 Å². The summed E-state index contributed by atoms with van der Waals surface area (Å²) in [6.07, 6.45) is 3.02. The lowest BCUT2D eigenvalue weighted by atomic mass is 10.0. The molecule has 2 aromatic carbocycles. The van der Waals surface area contributed by atoms with Crippen molar-refractivity contribution in [2.45, 2.75) is 43.7 Å². The Labute approximate surface area is 203 Å². The number of sulfone groups is 1. The average Bonchev–Trinajstić information content (AvgIpc) is 3.36. The van der Waals surface area contributed by atoms with Gasteiger partial charge in [-0.15, -0.1) is 0 Å². The lowest BCUT2D eigenvalue weighted by Gasteiger charge is -2.36. The number of aromatic nitrogens is 2. The summed E-state index contributed by atoms with van der Waals surface area (Å²) >= 11 is 6.00. The second kappa shape index (κ2) is 8.70. The minimum Gasteiger partial charge on any atom is -0.343 e. The molecule has 1 aromatic heterocycles. The molecule has 0 atom stereocenters. The van der Waals surface area contributed by atoms with E-state index < -0.39 is 9.84 Å². The summed E-state index contributed by atoms with van der Waals surface area (Å²) in [6.45, 7) is 3.37. The van der Waals surface area contributed by atoms with Crippen molar-refractivity contribution in [1.29, 1.82) is 0 Å². The summed E-state index contributed by atoms with van der Waals surface area (Å²) < 4.78 is 27.3. The van der Waals surface area contributed by atoms with E-state index in [4.69, 9.17) is 11.6 Å². The van der Waals surface area contributed by atoms with Crippen molar-refractivity contribution in [3.8, 4) is 0 Å². The molecule has 2 amide bonds. The summed E-state index contributed by atoms with van der Waals surface area (Å²) in [6, 6.07) is 10.2. The van der Waals surface area contributed by atoms with Crippen LogP contribution in [0.1, 0.15) is 30.8 Å². The second-order valence-electron chi connectivity index (χ2n) is 8.88. The predicted octanol–water partition coefficient (Wildman–Crippen LogP) is 3.64. The number of piperidine rings is 1. The van der Waals surface area contributed by atoms with Gasteiger partial charge in [-0.05, 0) is 54.8 Å². The Bertz CT molecular complexity index is 1390. The molecule has 0 saturated carbocycles. The summed E-state index contributed by atoms with van der Waals surface area (Å²) in [5.74, 6) is 0.275. The van der Waals surface area contributed by atoms with Crippen LogP contribution in [0.25, 0.3) is 10.8 Å². The van der Waals surface area contributed by atoms with Crippen molar-refractivity contribution in [2.75, 3.05) is 18.8 Å². The largest absolute Gasteiger partial charge is 0.343 e. The molecule has 178 valence electrons. The molecule has 34 heavy (non-hydrogen) atoms. The van der Waals surface area contributed by atoms with E-state index in [2.05, 4.69) is 4.98 Å². The first-order valence-electron chi connectivity index (χ1n) is 11.3. The minimum absolute atomic E-state index is 0.0569. The summed E-state index contributed by atoms with van der Waals surface area (Å²) in [4.78, 5) is 33.4. The molecule has 1 fully saturated rings. The van der Waals surface area contributed by atoms with E-state index in [0.717, 1.165) is 16.5 Å². The van der Waals surface area contributed by atoms with Gasteiger partial charge in [0.1, 0.15) is 5.82 Å². The molecule has 2 aliphatic heterocycles. The fourth-order valence-electron chi connectivity index (χ4n) is 4.83. The van der Waals surface area contributed by atoms with Gasteiger partial charge in [0.25, 0.3) is 0 Å². The number of halogens is 1. The summed E-state index contributed by atoms with van der Waals surface area (Å²) in [7, 11) is -3.60. The molecule has 3 aromatic rings. The molecule has 0 unspecified atom stereocenters. The highest BCUT2D eigenvalue weighted by Crippen LogP contribution is 2.27. The molecular formula is C24H25ClN4O4S. The van der Waals surface area contributed by atoms with Crippen LogP contribution in [-0.2, 0) is 21.2 Å². The van der Waals surface area contributed by atoms with Crippen LogP contribution in [0, 0.1) is 6.92 Å². The Hall–Kier alpha value is -2.91. The van der Waals surface area contributed by atoms with E-state index in [1.807, 2.05) is 11.8 Å². The molecule has 8 nitrogen and oxygen atoms in total. The summed E-state index contributed by atoms with van der Waals surface area (Å²) in [5, 5.41) is 2.24. The Kier molecular flexibility index (Phi) is 5.85. The number of carbonyl (C=O) groups excluding carboxylic acids is 2. The molecular weight excluding hydrogens is 476 g/mol. The molecule has 0 aliphatic carbocycles. The standard InChI is InChI=1S/C24H25ClN4O4S/c1-16-26-14-21-15-28(24(31)29(16)21)20-6-9-27(10-7-20)23(30)8-11-34(32,33)22-5-3-17-12-19(25)4-2-18(17)13-22/h2-5,12-14,20H,6-11,15H2,1H3. The molecule has 0 spiro atoms. The molecule has 0 bridgehead atoms. The van der Waals surface area contributed by atoms with Crippen LogP contribution in [0.15, 0.2) is 47.5 Å². The maximum Gasteiger partial charge on any atom is 0.330 e. The van der Waals surface area contributed by atoms with Gasteiger partial charge in [-0.1, -0.05) is 23.7 Å². The van der Waals surface area contributed by atoms with E-state index in [9.17, 15) is 18.0 Å². The van der Waals surface area contributed by atoms with Gasteiger partial charge in [-0.3, -0.25) is 9.36 Å². The van der Waals surface area contributed by atoms with Crippen LogP contribution >= 0.6 is 11.6 Å². The number of imidazole rings is 1. The van der Waals surface area contributed by atoms with Crippen molar-refractivity contribution < 1.29 is 18.0 Å². The molecule has 2 aliphatic rings. The van der Waals surface area contributed by atoms with Gasteiger partial charge < -0.3 is 9.80 Å². The zero-order valence-corrected chi connectivity index (χ0v) is 20.3. The van der Waals surface area contributed by atoms with E-state index in [0.29, 0.717) is 43.3 Å². The quantitative estimate of drug-likeness (QED) is 0.533. The number of rotatable bonds is 5. The molecule has 10 heteroatoms. The minimum atomic E-state index is -3.60. The third-order valence-corrected chi connectivity index (χ3v) is 8.70. The molecule has 5 rings (SSSR count). The van der Waals surface area contributed by atoms with Gasteiger partial charge in [0.05, 0.1) is 29.1 Å². The van der Waals surface area contributed by atoms with E-state index in [1.54, 1.807) is 52.1 Å². The Morgan fingerprint density at radius 2 is 1.82 bits per heavy atom. The highest BCUT2D eigenvalue weighted by molar-refractivity contribution is 7.91. The Morgan fingerprint density at radius 3 is 2.56 bits per heavy atom. The first-order valence-corrected chi connectivity index (χ1v) is 13.3. The average molecular weight is 501 g/mol. The highest BCUT2D eigenvalue weighted by atomic mass is 35.5. The lowest BCUT2D eigenvalue weighted by molar-refractivity contribution is -0.132.